The minimum absolute atomic E-state index is 0.0366. The van der Waals surface area contributed by atoms with Crippen LogP contribution in [0.5, 0.6) is 0 Å². The molecule has 108 valence electrons. The van der Waals surface area contributed by atoms with E-state index in [0.29, 0.717) is 11.9 Å². The molecule has 20 heavy (non-hydrogen) atoms. The van der Waals surface area contributed by atoms with Gasteiger partial charge in [0.05, 0.1) is 6.04 Å². The van der Waals surface area contributed by atoms with Crippen LogP contribution in [0.2, 0.25) is 0 Å². The first-order valence-electron chi connectivity index (χ1n) is 7.90. The van der Waals surface area contributed by atoms with Gasteiger partial charge in [0.15, 0.2) is 0 Å². The first kappa shape index (κ1) is 13.6. The van der Waals surface area contributed by atoms with Crippen LogP contribution in [-0.4, -0.2) is 29.4 Å². The van der Waals surface area contributed by atoms with E-state index < -0.39 is 0 Å². The Morgan fingerprint density at radius 2 is 1.95 bits per heavy atom. The highest BCUT2D eigenvalue weighted by Crippen LogP contribution is 2.25. The van der Waals surface area contributed by atoms with E-state index in [0.717, 1.165) is 19.5 Å². The topological polar surface area (TPSA) is 32.3 Å². The largest absolute Gasteiger partial charge is 0.339 e. The summed E-state index contributed by atoms with van der Waals surface area (Å²) >= 11 is 0. The molecule has 1 N–H and O–H groups in total. The maximum Gasteiger partial charge on any atom is 0.240 e. The van der Waals surface area contributed by atoms with Crippen molar-refractivity contribution < 1.29 is 4.79 Å². The Hall–Kier alpha value is -1.35. The first-order valence-corrected chi connectivity index (χ1v) is 7.90. The van der Waals surface area contributed by atoms with Gasteiger partial charge >= 0.3 is 0 Å². The number of hydrogen-bond acceptors (Lipinski definition) is 2. The highest BCUT2D eigenvalue weighted by molar-refractivity contribution is 5.83. The van der Waals surface area contributed by atoms with Gasteiger partial charge in [0.1, 0.15) is 0 Å². The normalized spacial score (nSPS) is 22.6. The van der Waals surface area contributed by atoms with Gasteiger partial charge in [0.2, 0.25) is 5.91 Å². The fraction of sp³-hybridized carbons (Fsp3) is 0.588. The van der Waals surface area contributed by atoms with Crippen LogP contribution in [0.25, 0.3) is 0 Å². The molecule has 0 aromatic heterocycles. The number of carbonyl (C=O) groups excluding carboxylic acids is 1. The van der Waals surface area contributed by atoms with Crippen LogP contribution in [-0.2, 0) is 17.8 Å². The zero-order valence-corrected chi connectivity index (χ0v) is 12.3. The van der Waals surface area contributed by atoms with Crippen molar-refractivity contribution in [2.45, 2.75) is 57.7 Å². The number of benzene rings is 1. The fourth-order valence-electron chi connectivity index (χ4n) is 3.64. The monoisotopic (exact) mass is 272 g/mol. The molecule has 1 heterocycles. The highest BCUT2D eigenvalue weighted by atomic mass is 16.2. The smallest absolute Gasteiger partial charge is 0.240 e. The summed E-state index contributed by atoms with van der Waals surface area (Å²) in [5, 5.41) is 3.42. The molecule has 3 rings (SSSR count). The van der Waals surface area contributed by atoms with Crippen molar-refractivity contribution in [3.05, 3.63) is 35.4 Å². The number of carbonyl (C=O) groups is 1. The molecule has 0 saturated heterocycles. The molecule has 0 radical (unpaired) electrons. The molecule has 0 unspecified atom stereocenters. The summed E-state index contributed by atoms with van der Waals surface area (Å²) in [7, 11) is 0. The maximum absolute atomic E-state index is 12.8. The number of hydrogen-bond donors (Lipinski definition) is 1. The van der Waals surface area contributed by atoms with E-state index in [1.807, 2.05) is 0 Å². The molecule has 1 aromatic rings. The van der Waals surface area contributed by atoms with E-state index in [9.17, 15) is 4.79 Å². The molecule has 1 saturated carbocycles. The molecular formula is C17H24N2O. The Labute approximate surface area is 121 Å². The van der Waals surface area contributed by atoms with Crippen LogP contribution >= 0.6 is 0 Å². The average Bonchev–Trinajstić information content (AvgIpc) is 3.01. The van der Waals surface area contributed by atoms with Crippen molar-refractivity contribution in [2.75, 3.05) is 6.54 Å². The lowest BCUT2D eigenvalue weighted by Crippen LogP contribution is -2.52. The van der Waals surface area contributed by atoms with E-state index in [1.54, 1.807) is 0 Å². The van der Waals surface area contributed by atoms with Gasteiger partial charge in [0, 0.05) is 19.1 Å². The molecule has 1 aliphatic heterocycles. The lowest BCUT2D eigenvalue weighted by molar-refractivity contribution is -0.135. The van der Waals surface area contributed by atoms with Crippen molar-refractivity contribution in [3.8, 4) is 0 Å². The van der Waals surface area contributed by atoms with Gasteiger partial charge in [-0.25, -0.2) is 0 Å². The number of nitrogens with zero attached hydrogens (tertiary/aromatic N) is 1. The lowest BCUT2D eigenvalue weighted by Gasteiger charge is -2.34. The predicted octanol–water partition coefficient (Wildman–Crippen LogP) is 2.49. The SMILES string of the molecule is CCN(C(=O)[C@@H]1Cc2ccccc2CN1)C1CCCC1. The summed E-state index contributed by atoms with van der Waals surface area (Å²) in [5.41, 5.74) is 2.66. The third-order valence-electron chi connectivity index (χ3n) is 4.77. The zero-order valence-electron chi connectivity index (χ0n) is 12.3. The zero-order chi connectivity index (χ0) is 13.9. The fourth-order valence-corrected chi connectivity index (χ4v) is 3.64. The van der Waals surface area contributed by atoms with E-state index in [4.69, 9.17) is 0 Å². The average molecular weight is 272 g/mol. The molecule has 1 fully saturated rings. The van der Waals surface area contributed by atoms with Gasteiger partial charge < -0.3 is 10.2 Å². The van der Waals surface area contributed by atoms with Gasteiger partial charge in [-0.2, -0.15) is 0 Å². The Morgan fingerprint density at radius 3 is 2.65 bits per heavy atom. The van der Waals surface area contributed by atoms with Crippen LogP contribution < -0.4 is 5.32 Å². The van der Waals surface area contributed by atoms with E-state index >= 15 is 0 Å². The number of amides is 1. The maximum atomic E-state index is 12.8. The number of nitrogens with one attached hydrogen (secondary N) is 1. The van der Waals surface area contributed by atoms with Crippen LogP contribution in [0, 0.1) is 0 Å². The van der Waals surface area contributed by atoms with Crippen molar-refractivity contribution in [3.63, 3.8) is 0 Å². The third kappa shape index (κ3) is 2.59. The van der Waals surface area contributed by atoms with Crippen molar-refractivity contribution in [1.82, 2.24) is 10.2 Å². The Balaban J connectivity index is 1.71. The standard InChI is InChI=1S/C17H24N2O/c1-2-19(15-9-5-6-10-15)17(20)16-11-13-7-3-4-8-14(13)12-18-16/h3-4,7-8,15-16,18H,2,5-6,9-12H2,1H3/t16-/m0/s1. The van der Waals surface area contributed by atoms with Crippen molar-refractivity contribution in [1.29, 1.82) is 0 Å². The van der Waals surface area contributed by atoms with Crippen LogP contribution in [0.4, 0.5) is 0 Å². The van der Waals surface area contributed by atoms with Gasteiger partial charge in [-0.05, 0) is 37.3 Å². The summed E-state index contributed by atoms with van der Waals surface area (Å²) in [4.78, 5) is 14.9. The van der Waals surface area contributed by atoms with Gasteiger partial charge in [-0.15, -0.1) is 0 Å². The molecule has 1 atom stereocenters. The molecule has 0 bridgehead atoms. The van der Waals surface area contributed by atoms with Crippen LogP contribution in [0.3, 0.4) is 0 Å². The summed E-state index contributed by atoms with van der Waals surface area (Å²) in [6.45, 7) is 3.76. The minimum atomic E-state index is -0.0366. The summed E-state index contributed by atoms with van der Waals surface area (Å²) in [5.74, 6) is 0.300. The minimum Gasteiger partial charge on any atom is -0.339 e. The Kier molecular flexibility index (Phi) is 4.06. The highest BCUT2D eigenvalue weighted by Gasteiger charge is 2.32. The Bertz CT molecular complexity index is 480. The summed E-state index contributed by atoms with van der Waals surface area (Å²) in [6, 6.07) is 8.89. The molecule has 1 amide bonds. The molecule has 2 aliphatic rings. The van der Waals surface area contributed by atoms with Crippen molar-refractivity contribution in [2.24, 2.45) is 0 Å². The molecular weight excluding hydrogens is 248 g/mol. The first-order chi connectivity index (χ1) is 9.79. The van der Waals surface area contributed by atoms with E-state index in [2.05, 4.69) is 41.4 Å². The van der Waals surface area contributed by atoms with Crippen molar-refractivity contribution >= 4 is 5.91 Å². The lowest BCUT2D eigenvalue weighted by atomic mass is 9.95. The molecule has 3 nitrogen and oxygen atoms in total. The number of likely N-dealkylation sites (N-methyl/N-ethyl adjacent to an activating group) is 1. The second kappa shape index (κ2) is 5.96. The van der Waals surface area contributed by atoms with E-state index in [1.165, 1.54) is 36.8 Å². The Morgan fingerprint density at radius 1 is 1.25 bits per heavy atom. The third-order valence-corrected chi connectivity index (χ3v) is 4.77. The predicted molar refractivity (Wildman–Crippen MR) is 80.4 cm³/mol. The number of fused-ring (bicyclic) bond motifs is 1. The van der Waals surface area contributed by atoms with Gasteiger partial charge in [-0.3, -0.25) is 4.79 Å². The molecule has 0 spiro atoms. The second-order valence-electron chi connectivity index (χ2n) is 5.97. The van der Waals surface area contributed by atoms with E-state index in [-0.39, 0.29) is 6.04 Å². The summed E-state index contributed by atoms with van der Waals surface area (Å²) in [6.07, 6.45) is 5.74. The molecule has 1 aliphatic carbocycles. The van der Waals surface area contributed by atoms with Crippen LogP contribution in [0.1, 0.15) is 43.7 Å². The number of rotatable bonds is 3. The van der Waals surface area contributed by atoms with Gasteiger partial charge in [0.25, 0.3) is 0 Å². The van der Waals surface area contributed by atoms with Crippen LogP contribution in [0.15, 0.2) is 24.3 Å². The molecule has 1 aromatic carbocycles. The second-order valence-corrected chi connectivity index (χ2v) is 5.97. The van der Waals surface area contributed by atoms with Gasteiger partial charge in [-0.1, -0.05) is 37.1 Å². The quantitative estimate of drug-likeness (QED) is 0.917. The molecule has 3 heteroatoms. The summed E-state index contributed by atoms with van der Waals surface area (Å²) < 4.78 is 0.